The van der Waals surface area contributed by atoms with Gasteiger partial charge in [0.05, 0.1) is 11.4 Å². The lowest BCUT2D eigenvalue weighted by Crippen LogP contribution is -2.12. The van der Waals surface area contributed by atoms with E-state index in [2.05, 4.69) is 229 Å². The normalized spacial score (nSPS) is 11.4. The molecule has 58 heavy (non-hydrogen) atoms. The molecule has 0 atom stereocenters. The minimum atomic E-state index is 0.875. The number of hydrogen-bond donors (Lipinski definition) is 0. The Morgan fingerprint density at radius 1 is 0.310 bits per heavy atom. The van der Waals surface area contributed by atoms with Crippen LogP contribution in [-0.4, -0.2) is 0 Å². The van der Waals surface area contributed by atoms with E-state index >= 15 is 0 Å². The monoisotopic (exact) mass is 739 g/mol. The average molecular weight is 740 g/mol. The summed E-state index contributed by atoms with van der Waals surface area (Å²) < 4.78 is 6.87. The lowest BCUT2D eigenvalue weighted by atomic mass is 9.93. The molecule has 2 heteroatoms. The second kappa shape index (κ2) is 14.1. The fourth-order valence-electron chi connectivity index (χ4n) is 8.73. The molecule has 0 saturated heterocycles. The molecule has 0 saturated carbocycles. The highest BCUT2D eigenvalue weighted by atomic mass is 16.3. The van der Waals surface area contributed by atoms with Crippen LogP contribution in [-0.2, 0) is 0 Å². The Labute approximate surface area is 337 Å². The van der Waals surface area contributed by atoms with Crippen LogP contribution < -0.4 is 4.90 Å². The smallest absolute Gasteiger partial charge is 0.143 e. The third-order valence-electron chi connectivity index (χ3n) is 11.5. The van der Waals surface area contributed by atoms with Gasteiger partial charge in [0.15, 0.2) is 0 Å². The Morgan fingerprint density at radius 2 is 0.828 bits per heavy atom. The van der Waals surface area contributed by atoms with E-state index in [-0.39, 0.29) is 0 Å². The Hall–Kier alpha value is -7.68. The molecule has 1 aromatic heterocycles. The minimum absolute atomic E-state index is 0.875. The van der Waals surface area contributed by atoms with E-state index in [1.807, 2.05) is 0 Å². The predicted octanol–water partition coefficient (Wildman–Crippen LogP) is 16.0. The van der Waals surface area contributed by atoms with E-state index in [1.54, 1.807) is 0 Å². The molecule has 0 spiro atoms. The van der Waals surface area contributed by atoms with Gasteiger partial charge in [0.2, 0.25) is 0 Å². The molecule has 0 amide bonds. The summed E-state index contributed by atoms with van der Waals surface area (Å²) in [6, 6.07) is 80.6. The van der Waals surface area contributed by atoms with E-state index in [4.69, 9.17) is 4.42 Å². The molecule has 0 aliphatic rings. The van der Waals surface area contributed by atoms with Gasteiger partial charge in [-0.15, -0.1) is 0 Å². The predicted molar refractivity (Wildman–Crippen MR) is 245 cm³/mol. The van der Waals surface area contributed by atoms with Crippen LogP contribution in [0.4, 0.5) is 17.1 Å². The summed E-state index contributed by atoms with van der Waals surface area (Å²) in [7, 11) is 0. The van der Waals surface area contributed by atoms with Crippen molar-refractivity contribution in [2.45, 2.75) is 0 Å². The fraction of sp³-hybridized carbons (Fsp3) is 0. The molecule has 0 unspecified atom stereocenters. The minimum Gasteiger partial charge on any atom is -0.455 e. The summed E-state index contributed by atoms with van der Waals surface area (Å²) >= 11 is 0. The van der Waals surface area contributed by atoms with Crippen LogP contribution in [0.3, 0.4) is 0 Å². The van der Waals surface area contributed by atoms with Gasteiger partial charge in [0, 0.05) is 32.8 Å². The summed E-state index contributed by atoms with van der Waals surface area (Å²) in [6.07, 6.45) is 0. The van der Waals surface area contributed by atoms with Crippen molar-refractivity contribution in [3.05, 3.63) is 224 Å². The molecule has 10 aromatic carbocycles. The SMILES string of the molecule is c1ccc(-c2ccc(-c3ccccc3N(c3ccc(-c4ccccc4)cc3)c3cc4c(oc5cccc(-c6cccc7ccccc67)c54)c4ccccc34)cc2)cc1. The molecule has 2 nitrogen and oxygen atoms in total. The average Bonchev–Trinajstić information content (AvgIpc) is 3.69. The van der Waals surface area contributed by atoms with E-state index in [1.165, 1.54) is 38.6 Å². The highest BCUT2D eigenvalue weighted by Gasteiger charge is 2.24. The molecule has 0 bridgehead atoms. The number of anilines is 3. The molecule has 272 valence electrons. The molecule has 11 aromatic rings. The third-order valence-corrected chi connectivity index (χ3v) is 11.5. The number of nitrogens with zero attached hydrogens (tertiary/aromatic N) is 1. The zero-order chi connectivity index (χ0) is 38.4. The molecule has 1 heterocycles. The molecular weight excluding hydrogens is 703 g/mol. The van der Waals surface area contributed by atoms with Gasteiger partial charge in [0.25, 0.3) is 0 Å². The van der Waals surface area contributed by atoms with Crippen LogP contribution in [0.2, 0.25) is 0 Å². The lowest BCUT2D eigenvalue weighted by molar-refractivity contribution is 0.673. The van der Waals surface area contributed by atoms with Crippen molar-refractivity contribution in [2.75, 3.05) is 4.90 Å². The van der Waals surface area contributed by atoms with Gasteiger partial charge in [-0.3, -0.25) is 0 Å². The summed E-state index contributed by atoms with van der Waals surface area (Å²) in [5.41, 5.74) is 14.4. The lowest BCUT2D eigenvalue weighted by Gasteiger charge is -2.29. The summed E-state index contributed by atoms with van der Waals surface area (Å²) in [5.74, 6) is 0. The number of hydrogen-bond acceptors (Lipinski definition) is 2. The Kier molecular flexibility index (Phi) is 8.19. The zero-order valence-electron chi connectivity index (χ0n) is 31.7. The molecule has 0 aliphatic heterocycles. The maximum atomic E-state index is 6.87. The first kappa shape index (κ1) is 33.6. The highest BCUT2D eigenvalue weighted by molar-refractivity contribution is 6.23. The highest BCUT2D eigenvalue weighted by Crippen LogP contribution is 2.49. The standard InChI is InChI=1S/C56H37NO/c1-3-15-38(16-4-1)40-29-31-43(32-30-40)46-22-11-12-27-52(46)57(44-35-33-41(34-36-44)39-17-5-2-6-18-39)53-37-51-55-49(47-25-13-20-42-19-7-8-21-45(42)47)26-14-28-54(55)58-56(51)50-24-10-9-23-48(50)53/h1-37H. The van der Waals surface area contributed by atoms with Gasteiger partial charge >= 0.3 is 0 Å². The molecule has 0 aliphatic carbocycles. The Bertz CT molecular complexity index is 3250. The molecule has 0 N–H and O–H groups in total. The van der Waals surface area contributed by atoms with Crippen LogP contribution in [0, 0.1) is 0 Å². The van der Waals surface area contributed by atoms with Gasteiger partial charge in [-0.25, -0.2) is 0 Å². The maximum Gasteiger partial charge on any atom is 0.143 e. The first-order valence-electron chi connectivity index (χ1n) is 19.8. The largest absolute Gasteiger partial charge is 0.455 e. The summed E-state index contributed by atoms with van der Waals surface area (Å²) in [5, 5.41) is 6.83. The van der Waals surface area contributed by atoms with E-state index < -0.39 is 0 Å². The van der Waals surface area contributed by atoms with Gasteiger partial charge in [0.1, 0.15) is 11.2 Å². The first-order valence-corrected chi connectivity index (χ1v) is 19.8. The van der Waals surface area contributed by atoms with Crippen molar-refractivity contribution in [2.24, 2.45) is 0 Å². The number of fused-ring (bicyclic) bond motifs is 6. The number of rotatable bonds is 7. The topological polar surface area (TPSA) is 16.4 Å². The first-order chi connectivity index (χ1) is 28.8. The third kappa shape index (κ3) is 5.74. The van der Waals surface area contributed by atoms with Crippen molar-refractivity contribution in [3.63, 3.8) is 0 Å². The zero-order valence-corrected chi connectivity index (χ0v) is 31.7. The van der Waals surface area contributed by atoms with Crippen LogP contribution >= 0.6 is 0 Å². The number of furan rings is 1. The number of para-hydroxylation sites is 1. The van der Waals surface area contributed by atoms with Gasteiger partial charge in [-0.2, -0.15) is 0 Å². The number of benzene rings is 10. The quantitative estimate of drug-likeness (QED) is 0.162. The Morgan fingerprint density at radius 3 is 1.57 bits per heavy atom. The van der Waals surface area contributed by atoms with E-state index in [0.717, 1.165) is 66.5 Å². The Balaban J connectivity index is 1.17. The van der Waals surface area contributed by atoms with Crippen LogP contribution in [0.1, 0.15) is 0 Å². The van der Waals surface area contributed by atoms with Crippen molar-refractivity contribution < 1.29 is 4.42 Å². The summed E-state index contributed by atoms with van der Waals surface area (Å²) in [4.78, 5) is 2.44. The van der Waals surface area contributed by atoms with Gasteiger partial charge in [-0.1, -0.05) is 194 Å². The van der Waals surface area contributed by atoms with Gasteiger partial charge < -0.3 is 9.32 Å². The van der Waals surface area contributed by atoms with Gasteiger partial charge in [-0.05, 0) is 80.0 Å². The van der Waals surface area contributed by atoms with E-state index in [9.17, 15) is 0 Å². The molecular formula is C56H37NO. The van der Waals surface area contributed by atoms with Crippen molar-refractivity contribution >= 4 is 60.5 Å². The maximum absolute atomic E-state index is 6.87. The molecule has 0 radical (unpaired) electrons. The van der Waals surface area contributed by atoms with Crippen LogP contribution in [0.25, 0.3) is 88.0 Å². The second-order valence-electron chi connectivity index (χ2n) is 14.8. The van der Waals surface area contributed by atoms with Crippen LogP contribution in [0.5, 0.6) is 0 Å². The fourth-order valence-corrected chi connectivity index (χ4v) is 8.73. The van der Waals surface area contributed by atoms with Crippen molar-refractivity contribution in [1.82, 2.24) is 0 Å². The van der Waals surface area contributed by atoms with Crippen molar-refractivity contribution in [1.29, 1.82) is 0 Å². The van der Waals surface area contributed by atoms with E-state index in [0.29, 0.717) is 0 Å². The van der Waals surface area contributed by atoms with Crippen molar-refractivity contribution in [3.8, 4) is 44.5 Å². The molecule has 11 rings (SSSR count). The van der Waals surface area contributed by atoms with Crippen LogP contribution in [0.15, 0.2) is 229 Å². The second-order valence-corrected chi connectivity index (χ2v) is 14.8. The summed E-state index contributed by atoms with van der Waals surface area (Å²) in [6.45, 7) is 0. The molecule has 0 fully saturated rings.